The molecule has 0 saturated carbocycles. The van der Waals surface area contributed by atoms with Crippen LogP contribution < -0.4 is 0 Å². The van der Waals surface area contributed by atoms with Gasteiger partial charge >= 0.3 is 0 Å². The third-order valence-corrected chi connectivity index (χ3v) is 4.72. The fraction of sp³-hybridized carbons (Fsp3) is 0.733. The third kappa shape index (κ3) is 4.28. The zero-order valence-electron chi connectivity index (χ0n) is 12.6. The molecule has 1 aliphatic rings. The Kier molecular flexibility index (Phi) is 5.54. The summed E-state index contributed by atoms with van der Waals surface area (Å²) < 4.78 is 5.60. The van der Waals surface area contributed by atoms with Gasteiger partial charge < -0.3 is 9.64 Å². The number of thiazole rings is 1. The molecule has 1 aromatic heterocycles. The van der Waals surface area contributed by atoms with Gasteiger partial charge in [0, 0.05) is 25.1 Å². The van der Waals surface area contributed by atoms with Crippen molar-refractivity contribution < 1.29 is 9.53 Å². The van der Waals surface area contributed by atoms with E-state index in [-0.39, 0.29) is 5.91 Å². The van der Waals surface area contributed by atoms with Gasteiger partial charge in [-0.1, -0.05) is 0 Å². The van der Waals surface area contributed by atoms with E-state index in [1.807, 2.05) is 25.8 Å². The first kappa shape index (κ1) is 15.4. The molecule has 1 aliphatic heterocycles. The average Bonchev–Trinajstić information content (AvgIpc) is 3.00. The van der Waals surface area contributed by atoms with Gasteiger partial charge in [-0.3, -0.25) is 4.79 Å². The summed E-state index contributed by atoms with van der Waals surface area (Å²) in [7, 11) is 1.88. The van der Waals surface area contributed by atoms with Crippen LogP contribution in [0.2, 0.25) is 0 Å². The van der Waals surface area contributed by atoms with Crippen molar-refractivity contribution in [3.63, 3.8) is 0 Å². The van der Waals surface area contributed by atoms with Crippen molar-refractivity contribution in [3.8, 4) is 0 Å². The van der Waals surface area contributed by atoms with Crippen LogP contribution in [-0.2, 0) is 16.0 Å². The minimum Gasteiger partial charge on any atom is -0.378 e. The van der Waals surface area contributed by atoms with Crippen molar-refractivity contribution in [3.05, 3.63) is 15.6 Å². The molecular weight excluding hydrogens is 272 g/mol. The standard InChI is InChI=1S/C15H24N2O2S/c1-11-14(16-12(2)20-11)10-15(18)17(3)8-4-6-13-7-5-9-19-13/h13H,4-10H2,1-3H3. The van der Waals surface area contributed by atoms with E-state index in [0.717, 1.165) is 41.6 Å². The van der Waals surface area contributed by atoms with Gasteiger partial charge in [0.25, 0.3) is 0 Å². The second kappa shape index (κ2) is 7.18. The highest BCUT2D eigenvalue weighted by Gasteiger charge is 2.17. The SMILES string of the molecule is Cc1nc(CC(=O)N(C)CCCC2CCCO2)c(C)s1. The maximum atomic E-state index is 12.2. The zero-order valence-corrected chi connectivity index (χ0v) is 13.5. The first-order valence-corrected chi connectivity index (χ1v) is 8.16. The number of hydrogen-bond acceptors (Lipinski definition) is 4. The van der Waals surface area contributed by atoms with Crippen LogP contribution >= 0.6 is 11.3 Å². The van der Waals surface area contributed by atoms with E-state index in [1.54, 1.807) is 11.3 Å². The average molecular weight is 296 g/mol. The number of rotatable bonds is 6. The summed E-state index contributed by atoms with van der Waals surface area (Å²) >= 11 is 1.66. The lowest BCUT2D eigenvalue weighted by molar-refractivity contribution is -0.129. The molecule has 20 heavy (non-hydrogen) atoms. The number of ether oxygens (including phenoxy) is 1. The monoisotopic (exact) mass is 296 g/mol. The van der Waals surface area contributed by atoms with Crippen molar-refractivity contribution in [1.82, 2.24) is 9.88 Å². The lowest BCUT2D eigenvalue weighted by atomic mass is 10.1. The number of amides is 1. The lowest BCUT2D eigenvalue weighted by Crippen LogP contribution is -2.30. The fourth-order valence-electron chi connectivity index (χ4n) is 2.57. The van der Waals surface area contributed by atoms with Crippen LogP contribution in [0.15, 0.2) is 0 Å². The molecule has 112 valence electrons. The molecule has 0 radical (unpaired) electrons. The Bertz CT molecular complexity index is 453. The van der Waals surface area contributed by atoms with E-state index in [1.165, 1.54) is 12.8 Å². The van der Waals surface area contributed by atoms with Crippen molar-refractivity contribution in [2.75, 3.05) is 20.2 Å². The van der Waals surface area contributed by atoms with Crippen LogP contribution in [0.5, 0.6) is 0 Å². The summed E-state index contributed by atoms with van der Waals surface area (Å²) in [6, 6.07) is 0. The quantitative estimate of drug-likeness (QED) is 0.810. The molecule has 5 heteroatoms. The molecule has 2 heterocycles. The number of likely N-dealkylation sites (N-methyl/N-ethyl adjacent to an activating group) is 1. The molecule has 1 fully saturated rings. The second-order valence-corrected chi connectivity index (χ2v) is 6.91. The minimum absolute atomic E-state index is 0.158. The fourth-order valence-corrected chi connectivity index (χ4v) is 3.40. The highest BCUT2D eigenvalue weighted by molar-refractivity contribution is 7.11. The maximum absolute atomic E-state index is 12.2. The summed E-state index contributed by atoms with van der Waals surface area (Å²) in [6.45, 7) is 5.73. The van der Waals surface area contributed by atoms with E-state index in [4.69, 9.17) is 4.74 Å². The molecule has 0 aromatic carbocycles. The Balaban J connectivity index is 1.72. The molecule has 1 atom stereocenters. The van der Waals surface area contributed by atoms with Gasteiger partial charge in [-0.05, 0) is 39.5 Å². The molecule has 2 rings (SSSR count). The highest BCUT2D eigenvalue weighted by atomic mass is 32.1. The van der Waals surface area contributed by atoms with Crippen molar-refractivity contribution in [2.45, 2.75) is 52.1 Å². The predicted octanol–water partition coefficient (Wildman–Crippen LogP) is 2.72. The molecule has 1 unspecified atom stereocenters. The van der Waals surface area contributed by atoms with E-state index < -0.39 is 0 Å². The summed E-state index contributed by atoms with van der Waals surface area (Å²) in [5, 5.41) is 1.03. The molecule has 0 bridgehead atoms. The van der Waals surface area contributed by atoms with Gasteiger partial charge in [0.2, 0.25) is 5.91 Å². The summed E-state index contributed by atoms with van der Waals surface area (Å²) in [5.41, 5.74) is 0.934. The number of aryl methyl sites for hydroxylation is 2. The largest absolute Gasteiger partial charge is 0.378 e. The molecule has 0 spiro atoms. The van der Waals surface area contributed by atoms with Gasteiger partial charge in [0.15, 0.2) is 0 Å². The molecule has 0 N–H and O–H groups in total. The van der Waals surface area contributed by atoms with Crippen LogP contribution in [0.25, 0.3) is 0 Å². The zero-order chi connectivity index (χ0) is 14.5. The van der Waals surface area contributed by atoms with Gasteiger partial charge in [-0.25, -0.2) is 4.98 Å². The molecule has 1 amide bonds. The van der Waals surface area contributed by atoms with Crippen LogP contribution in [0.4, 0.5) is 0 Å². The Morgan fingerprint density at radius 2 is 2.30 bits per heavy atom. The van der Waals surface area contributed by atoms with E-state index in [0.29, 0.717) is 12.5 Å². The summed E-state index contributed by atoms with van der Waals surface area (Å²) in [4.78, 5) is 19.6. The van der Waals surface area contributed by atoms with Crippen LogP contribution in [0, 0.1) is 13.8 Å². The Morgan fingerprint density at radius 3 is 2.90 bits per heavy atom. The highest BCUT2D eigenvalue weighted by Crippen LogP contribution is 2.18. The van der Waals surface area contributed by atoms with Gasteiger partial charge in [0.1, 0.15) is 0 Å². The van der Waals surface area contributed by atoms with Crippen LogP contribution in [0.1, 0.15) is 41.3 Å². The number of carbonyl (C=O) groups is 1. The normalized spacial score (nSPS) is 18.4. The molecule has 4 nitrogen and oxygen atoms in total. The van der Waals surface area contributed by atoms with E-state index in [9.17, 15) is 4.79 Å². The minimum atomic E-state index is 0.158. The predicted molar refractivity (Wildman–Crippen MR) is 81.1 cm³/mol. The van der Waals surface area contributed by atoms with E-state index in [2.05, 4.69) is 4.98 Å². The summed E-state index contributed by atoms with van der Waals surface area (Å²) in [5.74, 6) is 0.158. The van der Waals surface area contributed by atoms with Crippen molar-refractivity contribution in [2.24, 2.45) is 0 Å². The molecular formula is C15H24N2O2S. The molecule has 1 aromatic rings. The van der Waals surface area contributed by atoms with Crippen molar-refractivity contribution >= 4 is 17.2 Å². The topological polar surface area (TPSA) is 42.4 Å². The first-order valence-electron chi connectivity index (χ1n) is 7.34. The van der Waals surface area contributed by atoms with E-state index >= 15 is 0 Å². The Labute approximate surface area is 125 Å². The first-order chi connectivity index (χ1) is 9.56. The Morgan fingerprint density at radius 1 is 1.50 bits per heavy atom. The number of nitrogens with zero attached hydrogens (tertiary/aromatic N) is 2. The van der Waals surface area contributed by atoms with Crippen LogP contribution in [-0.4, -0.2) is 42.1 Å². The molecule has 1 saturated heterocycles. The lowest BCUT2D eigenvalue weighted by Gasteiger charge is -2.18. The van der Waals surface area contributed by atoms with Gasteiger partial charge in [-0.2, -0.15) is 0 Å². The van der Waals surface area contributed by atoms with Crippen LogP contribution in [0.3, 0.4) is 0 Å². The number of carbonyl (C=O) groups excluding carboxylic acids is 1. The smallest absolute Gasteiger partial charge is 0.228 e. The third-order valence-electron chi connectivity index (χ3n) is 3.79. The summed E-state index contributed by atoms with van der Waals surface area (Å²) in [6.07, 6.45) is 5.28. The maximum Gasteiger partial charge on any atom is 0.228 e. The number of aromatic nitrogens is 1. The van der Waals surface area contributed by atoms with Gasteiger partial charge in [0.05, 0.1) is 23.2 Å². The van der Waals surface area contributed by atoms with Crippen molar-refractivity contribution in [1.29, 1.82) is 0 Å². The Hall–Kier alpha value is -0.940. The number of hydrogen-bond donors (Lipinski definition) is 0. The van der Waals surface area contributed by atoms with Gasteiger partial charge in [-0.15, -0.1) is 11.3 Å². The molecule has 0 aliphatic carbocycles. The second-order valence-electron chi connectivity index (χ2n) is 5.51.